The molecule has 4 heteroatoms. The third kappa shape index (κ3) is 3.32. The lowest BCUT2D eigenvalue weighted by Crippen LogP contribution is -2.35. The predicted octanol–water partition coefficient (Wildman–Crippen LogP) is 1.76. The Labute approximate surface area is 98.0 Å². The van der Waals surface area contributed by atoms with Crippen LogP contribution in [-0.4, -0.2) is 29.8 Å². The number of ether oxygens (including phenoxy) is 1. The van der Waals surface area contributed by atoms with Crippen LogP contribution in [0.5, 0.6) is 0 Å². The maximum atomic E-state index is 5.33. The summed E-state index contributed by atoms with van der Waals surface area (Å²) in [6.45, 7) is 8.90. The van der Waals surface area contributed by atoms with E-state index < -0.39 is 0 Å². The van der Waals surface area contributed by atoms with Crippen LogP contribution in [0.3, 0.4) is 0 Å². The second-order valence-electron chi connectivity index (χ2n) is 4.40. The third-order valence-corrected chi connectivity index (χ3v) is 2.87. The summed E-state index contributed by atoms with van der Waals surface area (Å²) in [5.41, 5.74) is 1.17. The summed E-state index contributed by atoms with van der Waals surface area (Å²) in [5, 5.41) is 3.29. The van der Waals surface area contributed by atoms with Crippen molar-refractivity contribution in [3.05, 3.63) is 18.2 Å². The lowest BCUT2D eigenvalue weighted by molar-refractivity contribution is 0.141. The number of hydrogen-bond acceptors (Lipinski definition) is 3. The minimum atomic E-state index is -0.0396. The first-order chi connectivity index (χ1) is 7.61. The van der Waals surface area contributed by atoms with E-state index in [9.17, 15) is 0 Å². The van der Waals surface area contributed by atoms with Crippen LogP contribution in [0.25, 0.3) is 0 Å². The first-order valence-electron chi connectivity index (χ1n) is 5.89. The molecule has 0 aliphatic rings. The number of imidazole rings is 1. The largest absolute Gasteiger partial charge is 0.382 e. The molecule has 1 N–H and O–H groups in total. The summed E-state index contributed by atoms with van der Waals surface area (Å²) in [7, 11) is 1.97. The topological polar surface area (TPSA) is 39.1 Å². The number of rotatable bonds is 7. The Morgan fingerprint density at radius 3 is 2.88 bits per heavy atom. The maximum absolute atomic E-state index is 5.33. The minimum Gasteiger partial charge on any atom is -0.382 e. The van der Waals surface area contributed by atoms with E-state index in [4.69, 9.17) is 4.74 Å². The van der Waals surface area contributed by atoms with E-state index in [2.05, 4.69) is 28.7 Å². The molecule has 0 atom stereocenters. The summed E-state index contributed by atoms with van der Waals surface area (Å²) in [6.07, 6.45) is 4.84. The van der Waals surface area contributed by atoms with Gasteiger partial charge >= 0.3 is 0 Å². The van der Waals surface area contributed by atoms with Crippen molar-refractivity contribution in [2.24, 2.45) is 0 Å². The van der Waals surface area contributed by atoms with Gasteiger partial charge in [0.2, 0.25) is 0 Å². The molecule has 0 fully saturated rings. The average Bonchev–Trinajstić information content (AvgIpc) is 2.73. The fourth-order valence-corrected chi connectivity index (χ4v) is 1.63. The predicted molar refractivity (Wildman–Crippen MR) is 65.4 cm³/mol. The Kier molecular flexibility index (Phi) is 4.96. The first kappa shape index (κ1) is 13.2. The van der Waals surface area contributed by atoms with Crippen LogP contribution in [0.1, 0.15) is 32.9 Å². The number of nitrogens with one attached hydrogen (secondary N) is 1. The molecule has 4 nitrogen and oxygen atoms in total. The molecular formula is C12H23N3O. The van der Waals surface area contributed by atoms with Gasteiger partial charge in [-0.2, -0.15) is 0 Å². The Bertz CT molecular complexity index is 307. The van der Waals surface area contributed by atoms with Crippen LogP contribution < -0.4 is 5.32 Å². The van der Waals surface area contributed by atoms with Gasteiger partial charge in [-0.3, -0.25) is 0 Å². The highest BCUT2D eigenvalue weighted by Crippen LogP contribution is 2.18. The maximum Gasteiger partial charge on any atom is 0.0948 e. The third-order valence-electron chi connectivity index (χ3n) is 2.87. The Balaban J connectivity index is 2.57. The Morgan fingerprint density at radius 2 is 2.25 bits per heavy atom. The van der Waals surface area contributed by atoms with Crippen molar-refractivity contribution >= 4 is 0 Å². The van der Waals surface area contributed by atoms with E-state index in [1.807, 2.05) is 26.5 Å². The van der Waals surface area contributed by atoms with Crippen molar-refractivity contribution in [3.8, 4) is 0 Å². The van der Waals surface area contributed by atoms with E-state index in [1.54, 1.807) is 0 Å². The smallest absolute Gasteiger partial charge is 0.0948 e. The molecule has 0 saturated heterocycles. The van der Waals surface area contributed by atoms with Gasteiger partial charge < -0.3 is 14.6 Å². The van der Waals surface area contributed by atoms with Gasteiger partial charge in [-0.15, -0.1) is 0 Å². The Hall–Kier alpha value is -0.870. The van der Waals surface area contributed by atoms with E-state index in [0.717, 1.165) is 26.2 Å². The van der Waals surface area contributed by atoms with Crippen LogP contribution in [0.4, 0.5) is 0 Å². The molecule has 0 amide bonds. The molecule has 16 heavy (non-hydrogen) atoms. The molecule has 0 radical (unpaired) electrons. The molecule has 1 rings (SSSR count). The van der Waals surface area contributed by atoms with Gasteiger partial charge in [-0.1, -0.05) is 0 Å². The SMILES string of the molecule is CCOCCCn1cncc1C(C)(C)NC. The summed E-state index contributed by atoms with van der Waals surface area (Å²) < 4.78 is 7.52. The van der Waals surface area contributed by atoms with Crippen molar-refractivity contribution < 1.29 is 4.74 Å². The van der Waals surface area contributed by atoms with Gasteiger partial charge in [0.05, 0.1) is 17.6 Å². The summed E-state index contributed by atoms with van der Waals surface area (Å²) in [6, 6.07) is 0. The fraction of sp³-hybridized carbons (Fsp3) is 0.750. The molecule has 0 bridgehead atoms. The molecule has 1 heterocycles. The van der Waals surface area contributed by atoms with Crippen molar-refractivity contribution in [1.29, 1.82) is 0 Å². The molecule has 0 unspecified atom stereocenters. The number of aromatic nitrogens is 2. The highest BCUT2D eigenvalue weighted by atomic mass is 16.5. The average molecular weight is 225 g/mol. The number of nitrogens with zero attached hydrogens (tertiary/aromatic N) is 2. The van der Waals surface area contributed by atoms with Gasteiger partial charge in [-0.25, -0.2) is 4.98 Å². The molecule has 0 aliphatic heterocycles. The van der Waals surface area contributed by atoms with E-state index in [0.29, 0.717) is 0 Å². The lowest BCUT2D eigenvalue weighted by Gasteiger charge is -2.25. The van der Waals surface area contributed by atoms with E-state index in [1.165, 1.54) is 5.69 Å². The first-order valence-corrected chi connectivity index (χ1v) is 5.89. The molecular weight excluding hydrogens is 202 g/mol. The summed E-state index contributed by atoms with van der Waals surface area (Å²) in [5.74, 6) is 0. The van der Waals surface area contributed by atoms with E-state index >= 15 is 0 Å². The van der Waals surface area contributed by atoms with Gasteiger partial charge in [0.15, 0.2) is 0 Å². The van der Waals surface area contributed by atoms with Crippen molar-refractivity contribution in [2.45, 2.75) is 39.3 Å². The van der Waals surface area contributed by atoms with Crippen molar-refractivity contribution in [1.82, 2.24) is 14.9 Å². The van der Waals surface area contributed by atoms with Crippen LogP contribution in [0, 0.1) is 0 Å². The van der Waals surface area contributed by atoms with Crippen LogP contribution in [-0.2, 0) is 16.8 Å². The van der Waals surface area contributed by atoms with Gasteiger partial charge in [-0.05, 0) is 34.2 Å². The zero-order valence-corrected chi connectivity index (χ0v) is 10.8. The molecule has 0 aromatic carbocycles. The minimum absolute atomic E-state index is 0.0396. The zero-order chi connectivity index (χ0) is 12.0. The fourth-order valence-electron chi connectivity index (χ4n) is 1.63. The van der Waals surface area contributed by atoms with E-state index in [-0.39, 0.29) is 5.54 Å². The van der Waals surface area contributed by atoms with Gasteiger partial charge in [0, 0.05) is 26.0 Å². The molecule has 0 aliphatic carbocycles. The molecule has 0 saturated carbocycles. The number of aryl methyl sites for hydroxylation is 1. The summed E-state index contributed by atoms with van der Waals surface area (Å²) >= 11 is 0. The number of hydrogen-bond donors (Lipinski definition) is 1. The molecule has 0 spiro atoms. The van der Waals surface area contributed by atoms with Crippen molar-refractivity contribution in [3.63, 3.8) is 0 Å². The van der Waals surface area contributed by atoms with Crippen LogP contribution in [0.2, 0.25) is 0 Å². The van der Waals surface area contributed by atoms with Crippen molar-refractivity contribution in [2.75, 3.05) is 20.3 Å². The molecule has 1 aromatic rings. The standard InChI is InChI=1S/C12H23N3O/c1-5-16-8-6-7-15-10-14-9-11(15)12(2,3)13-4/h9-10,13H,5-8H2,1-4H3. The highest BCUT2D eigenvalue weighted by molar-refractivity contribution is 5.10. The Morgan fingerprint density at radius 1 is 1.50 bits per heavy atom. The van der Waals surface area contributed by atoms with Gasteiger partial charge in [0.25, 0.3) is 0 Å². The lowest BCUT2D eigenvalue weighted by atomic mass is 10.0. The second kappa shape index (κ2) is 6.01. The zero-order valence-electron chi connectivity index (χ0n) is 10.8. The monoisotopic (exact) mass is 225 g/mol. The van der Waals surface area contributed by atoms with Crippen LogP contribution in [0.15, 0.2) is 12.5 Å². The summed E-state index contributed by atoms with van der Waals surface area (Å²) in [4.78, 5) is 4.22. The normalized spacial score (nSPS) is 12.0. The molecule has 1 aromatic heterocycles. The quantitative estimate of drug-likeness (QED) is 0.719. The second-order valence-corrected chi connectivity index (χ2v) is 4.40. The molecule has 92 valence electrons. The van der Waals surface area contributed by atoms with Crippen LogP contribution >= 0.6 is 0 Å². The highest BCUT2D eigenvalue weighted by Gasteiger charge is 2.21. The van der Waals surface area contributed by atoms with Gasteiger partial charge in [0.1, 0.15) is 0 Å².